The second kappa shape index (κ2) is 2.62. The van der Waals surface area contributed by atoms with Crippen LogP contribution in [-0.4, -0.2) is 10.2 Å². The molecule has 1 heterocycles. The molecule has 1 aromatic heterocycles. The summed E-state index contributed by atoms with van der Waals surface area (Å²) in [4.78, 5) is 0. The zero-order valence-corrected chi connectivity index (χ0v) is 6.56. The summed E-state index contributed by atoms with van der Waals surface area (Å²) in [6.07, 6.45) is 0. The molecule has 0 amide bonds. The summed E-state index contributed by atoms with van der Waals surface area (Å²) in [5.41, 5.74) is 0. The Morgan fingerprint density at radius 3 is 2.33 bits per heavy atom. The van der Waals surface area contributed by atoms with Crippen LogP contribution in [0.1, 0.15) is 16.4 Å². The Morgan fingerprint density at radius 1 is 1.44 bits per heavy atom. The summed E-state index contributed by atoms with van der Waals surface area (Å²) < 4.78 is 4.70. The van der Waals surface area contributed by atoms with E-state index in [9.17, 15) is 0 Å². The summed E-state index contributed by atoms with van der Waals surface area (Å²) >= 11 is 7.94. The fourth-order valence-corrected chi connectivity index (χ4v) is 0.625. The second-order valence-corrected chi connectivity index (χ2v) is 2.97. The quantitative estimate of drug-likeness (QED) is 0.482. The van der Waals surface area contributed by atoms with Crippen LogP contribution in [0.15, 0.2) is 4.42 Å². The average Bonchev–Trinajstić information content (AvgIpc) is 2.14. The van der Waals surface area contributed by atoms with Crippen molar-refractivity contribution in [2.24, 2.45) is 0 Å². The first-order chi connectivity index (χ1) is 4.20. The largest absolute Gasteiger partial charge is 0.423 e. The van der Waals surface area contributed by atoms with Crippen LogP contribution >= 0.6 is 25.3 Å². The standard InChI is InChI=1S/C4H6N2OS2/c1-2-5-6-3(7-2)4(8)9/h4,8-9H,1H3. The minimum atomic E-state index is -0.272. The van der Waals surface area contributed by atoms with Crippen LogP contribution in [0.2, 0.25) is 0 Å². The highest BCUT2D eigenvalue weighted by atomic mass is 32.2. The minimum Gasteiger partial charge on any atom is -0.423 e. The van der Waals surface area contributed by atoms with Gasteiger partial charge in [0, 0.05) is 6.92 Å². The molecule has 1 rings (SSSR count). The van der Waals surface area contributed by atoms with Crippen molar-refractivity contribution in [1.82, 2.24) is 10.2 Å². The van der Waals surface area contributed by atoms with Gasteiger partial charge in [0.05, 0.1) is 0 Å². The maximum atomic E-state index is 4.97. The molecule has 0 aliphatic carbocycles. The van der Waals surface area contributed by atoms with Crippen LogP contribution in [0.25, 0.3) is 0 Å². The van der Waals surface area contributed by atoms with Gasteiger partial charge in [0.2, 0.25) is 11.8 Å². The molecule has 0 aliphatic rings. The molecular formula is C4H6N2OS2. The van der Waals surface area contributed by atoms with Crippen LogP contribution in [0, 0.1) is 6.92 Å². The van der Waals surface area contributed by atoms with E-state index in [4.69, 9.17) is 4.42 Å². The van der Waals surface area contributed by atoms with E-state index < -0.39 is 0 Å². The van der Waals surface area contributed by atoms with Gasteiger partial charge in [-0.2, -0.15) is 25.3 Å². The van der Waals surface area contributed by atoms with Gasteiger partial charge in [-0.25, -0.2) is 0 Å². The summed E-state index contributed by atoms with van der Waals surface area (Å²) in [6.45, 7) is 1.72. The zero-order chi connectivity index (χ0) is 6.85. The Hall–Kier alpha value is -0.160. The molecule has 50 valence electrons. The molecule has 3 nitrogen and oxygen atoms in total. The molecule has 0 aromatic carbocycles. The van der Waals surface area contributed by atoms with Crippen LogP contribution in [-0.2, 0) is 0 Å². The third kappa shape index (κ3) is 1.62. The molecule has 5 heteroatoms. The van der Waals surface area contributed by atoms with E-state index in [2.05, 4.69) is 35.5 Å². The molecule has 0 saturated carbocycles. The van der Waals surface area contributed by atoms with E-state index in [1.54, 1.807) is 6.92 Å². The average molecular weight is 162 g/mol. The lowest BCUT2D eigenvalue weighted by Gasteiger charge is -1.90. The lowest BCUT2D eigenvalue weighted by Crippen LogP contribution is -1.79. The first-order valence-electron chi connectivity index (χ1n) is 2.36. The van der Waals surface area contributed by atoms with Crippen LogP contribution in [0.4, 0.5) is 0 Å². The van der Waals surface area contributed by atoms with Gasteiger partial charge in [0.15, 0.2) is 0 Å². The molecular weight excluding hydrogens is 156 g/mol. The Kier molecular flexibility index (Phi) is 2.02. The molecule has 0 aliphatic heterocycles. The van der Waals surface area contributed by atoms with Gasteiger partial charge in [-0.1, -0.05) is 0 Å². The first kappa shape index (κ1) is 6.95. The molecule has 1 aromatic rings. The number of aryl methyl sites for hydroxylation is 1. The van der Waals surface area contributed by atoms with E-state index in [0.717, 1.165) is 0 Å². The Morgan fingerprint density at radius 2 is 2.11 bits per heavy atom. The van der Waals surface area contributed by atoms with Crippen LogP contribution in [0.5, 0.6) is 0 Å². The molecule has 0 fully saturated rings. The Balaban J connectivity index is 2.85. The fraction of sp³-hybridized carbons (Fsp3) is 0.500. The van der Waals surface area contributed by atoms with Crippen molar-refractivity contribution in [2.45, 2.75) is 11.5 Å². The summed E-state index contributed by atoms with van der Waals surface area (Å²) in [5, 5.41) is 7.27. The van der Waals surface area contributed by atoms with E-state index in [-0.39, 0.29) is 4.58 Å². The van der Waals surface area contributed by atoms with Crippen molar-refractivity contribution in [2.75, 3.05) is 0 Å². The van der Waals surface area contributed by atoms with E-state index in [0.29, 0.717) is 11.8 Å². The number of hydrogen-bond donors (Lipinski definition) is 2. The van der Waals surface area contributed by atoms with Gasteiger partial charge in [0.25, 0.3) is 0 Å². The van der Waals surface area contributed by atoms with Crippen molar-refractivity contribution in [1.29, 1.82) is 0 Å². The molecule has 9 heavy (non-hydrogen) atoms. The Labute approximate surface area is 63.7 Å². The maximum Gasteiger partial charge on any atom is 0.238 e. The lowest BCUT2D eigenvalue weighted by molar-refractivity contribution is 0.484. The van der Waals surface area contributed by atoms with Crippen molar-refractivity contribution in [3.05, 3.63) is 11.8 Å². The third-order valence-electron chi connectivity index (χ3n) is 0.763. The maximum absolute atomic E-state index is 4.97. The van der Waals surface area contributed by atoms with Gasteiger partial charge in [-0.05, 0) is 0 Å². The lowest BCUT2D eigenvalue weighted by atomic mass is 10.8. The van der Waals surface area contributed by atoms with E-state index in [1.165, 1.54) is 0 Å². The number of rotatable bonds is 1. The minimum absolute atomic E-state index is 0.272. The van der Waals surface area contributed by atoms with Gasteiger partial charge < -0.3 is 4.42 Å². The van der Waals surface area contributed by atoms with Gasteiger partial charge >= 0.3 is 0 Å². The third-order valence-corrected chi connectivity index (χ3v) is 1.20. The van der Waals surface area contributed by atoms with E-state index >= 15 is 0 Å². The highest BCUT2D eigenvalue weighted by Crippen LogP contribution is 2.20. The predicted octanol–water partition coefficient (Wildman–Crippen LogP) is 1.24. The molecule has 0 atom stereocenters. The molecule has 0 saturated heterocycles. The second-order valence-electron chi connectivity index (χ2n) is 1.53. The van der Waals surface area contributed by atoms with Crippen molar-refractivity contribution < 1.29 is 4.42 Å². The smallest absolute Gasteiger partial charge is 0.238 e. The SMILES string of the molecule is Cc1nnc(C(S)S)o1. The normalized spacial score (nSPS) is 10.7. The van der Waals surface area contributed by atoms with Crippen LogP contribution in [0.3, 0.4) is 0 Å². The molecule has 0 N–H and O–H groups in total. The van der Waals surface area contributed by atoms with Crippen molar-refractivity contribution in [3.63, 3.8) is 0 Å². The van der Waals surface area contributed by atoms with E-state index in [1.807, 2.05) is 0 Å². The first-order valence-corrected chi connectivity index (χ1v) is 3.39. The summed E-state index contributed by atoms with van der Waals surface area (Å²) in [7, 11) is 0. The summed E-state index contributed by atoms with van der Waals surface area (Å²) in [6, 6.07) is 0. The number of aromatic nitrogens is 2. The van der Waals surface area contributed by atoms with Gasteiger partial charge in [0.1, 0.15) is 4.58 Å². The fourth-order valence-electron chi connectivity index (χ4n) is 0.416. The molecule has 0 radical (unpaired) electrons. The summed E-state index contributed by atoms with van der Waals surface area (Å²) in [5.74, 6) is 0.984. The number of nitrogens with zero attached hydrogens (tertiary/aromatic N) is 2. The monoisotopic (exact) mass is 162 g/mol. The highest BCUT2D eigenvalue weighted by molar-refractivity contribution is 7.98. The Bertz CT molecular complexity index is 198. The molecule has 0 bridgehead atoms. The highest BCUT2D eigenvalue weighted by Gasteiger charge is 2.06. The predicted molar refractivity (Wildman–Crippen MR) is 39.7 cm³/mol. The zero-order valence-electron chi connectivity index (χ0n) is 4.77. The molecule has 0 unspecified atom stereocenters. The number of thiol groups is 2. The molecule has 0 spiro atoms. The van der Waals surface area contributed by atoms with Gasteiger partial charge in [-0.15, -0.1) is 10.2 Å². The van der Waals surface area contributed by atoms with Crippen LogP contribution < -0.4 is 0 Å². The van der Waals surface area contributed by atoms with Crippen molar-refractivity contribution >= 4 is 25.3 Å². The number of hydrogen-bond acceptors (Lipinski definition) is 5. The van der Waals surface area contributed by atoms with Crippen molar-refractivity contribution in [3.8, 4) is 0 Å². The van der Waals surface area contributed by atoms with Gasteiger partial charge in [-0.3, -0.25) is 0 Å². The topological polar surface area (TPSA) is 38.9 Å².